The Hall–Kier alpha value is -0.0800. The molecule has 1 fully saturated rings. The summed E-state index contributed by atoms with van der Waals surface area (Å²) in [5.41, 5.74) is 5.14. The van der Waals surface area contributed by atoms with Crippen molar-refractivity contribution in [2.24, 2.45) is 17.6 Å². The zero-order valence-corrected chi connectivity index (χ0v) is 8.21. The minimum atomic E-state index is -0.455. The molecule has 0 radical (unpaired) electrons. The molecule has 2 atom stereocenters. The van der Waals surface area contributed by atoms with E-state index in [4.69, 9.17) is 5.73 Å². The fourth-order valence-corrected chi connectivity index (χ4v) is 2.04. The molecule has 2 unspecified atom stereocenters. The van der Waals surface area contributed by atoms with Crippen molar-refractivity contribution in [1.29, 1.82) is 0 Å². The Bertz CT molecular complexity index is 145. The largest absolute Gasteiger partial charge is 0.389 e. The molecule has 0 bridgehead atoms. The first-order valence-electron chi connectivity index (χ1n) is 5.07. The molecule has 0 aromatic carbocycles. The average Bonchev–Trinajstić information content (AvgIpc) is 2.85. The highest BCUT2D eigenvalue weighted by Gasteiger charge is 2.45. The lowest BCUT2D eigenvalue weighted by molar-refractivity contribution is -0.0376. The Morgan fingerprint density at radius 2 is 2.17 bits per heavy atom. The lowest BCUT2D eigenvalue weighted by Gasteiger charge is -2.33. The standard InChI is InChI=1S/C10H21NO/c1-3-6-10(12,8(2)7-11)9-4-5-9/h8-9,12H,3-7,11H2,1-2H3. The van der Waals surface area contributed by atoms with Crippen molar-refractivity contribution in [3.63, 3.8) is 0 Å². The molecule has 3 N–H and O–H groups in total. The highest BCUT2D eigenvalue weighted by molar-refractivity contribution is 4.97. The van der Waals surface area contributed by atoms with E-state index in [-0.39, 0.29) is 5.92 Å². The number of hydrogen-bond acceptors (Lipinski definition) is 2. The van der Waals surface area contributed by atoms with Crippen LogP contribution in [-0.2, 0) is 0 Å². The van der Waals surface area contributed by atoms with Gasteiger partial charge in [-0.25, -0.2) is 0 Å². The van der Waals surface area contributed by atoms with Gasteiger partial charge in [0.25, 0.3) is 0 Å². The van der Waals surface area contributed by atoms with Crippen LogP contribution in [0, 0.1) is 11.8 Å². The molecule has 1 aliphatic rings. The Labute approximate surface area is 75.2 Å². The first-order chi connectivity index (χ1) is 5.65. The van der Waals surface area contributed by atoms with Crippen molar-refractivity contribution >= 4 is 0 Å². The van der Waals surface area contributed by atoms with Gasteiger partial charge in [-0.05, 0) is 37.6 Å². The minimum absolute atomic E-state index is 0.255. The molecule has 72 valence electrons. The van der Waals surface area contributed by atoms with Crippen LogP contribution in [0.25, 0.3) is 0 Å². The van der Waals surface area contributed by atoms with Gasteiger partial charge in [0.05, 0.1) is 5.60 Å². The number of aliphatic hydroxyl groups is 1. The zero-order valence-electron chi connectivity index (χ0n) is 8.21. The van der Waals surface area contributed by atoms with E-state index in [2.05, 4.69) is 13.8 Å². The second-order valence-electron chi connectivity index (χ2n) is 4.15. The highest BCUT2D eigenvalue weighted by Crippen LogP contribution is 2.45. The summed E-state index contributed by atoms with van der Waals surface area (Å²) in [5, 5.41) is 10.3. The van der Waals surface area contributed by atoms with Crippen molar-refractivity contribution in [1.82, 2.24) is 0 Å². The summed E-state index contributed by atoms with van der Waals surface area (Å²) in [6.07, 6.45) is 4.36. The van der Waals surface area contributed by atoms with Gasteiger partial charge in [-0.3, -0.25) is 0 Å². The third-order valence-corrected chi connectivity index (χ3v) is 3.14. The summed E-state index contributed by atoms with van der Waals surface area (Å²) in [5.74, 6) is 0.793. The topological polar surface area (TPSA) is 46.2 Å². The van der Waals surface area contributed by atoms with E-state index in [1.807, 2.05) is 0 Å². The smallest absolute Gasteiger partial charge is 0.0713 e. The highest BCUT2D eigenvalue weighted by atomic mass is 16.3. The summed E-state index contributed by atoms with van der Waals surface area (Å²) >= 11 is 0. The predicted molar refractivity (Wildman–Crippen MR) is 50.8 cm³/mol. The van der Waals surface area contributed by atoms with Crippen molar-refractivity contribution in [3.05, 3.63) is 0 Å². The molecule has 1 saturated carbocycles. The van der Waals surface area contributed by atoms with Gasteiger partial charge in [-0.2, -0.15) is 0 Å². The molecule has 0 aromatic heterocycles. The predicted octanol–water partition coefficient (Wildman–Crippen LogP) is 1.52. The molecule has 0 aliphatic heterocycles. The van der Waals surface area contributed by atoms with Gasteiger partial charge in [0, 0.05) is 0 Å². The van der Waals surface area contributed by atoms with Gasteiger partial charge < -0.3 is 10.8 Å². The van der Waals surface area contributed by atoms with Crippen LogP contribution in [0.15, 0.2) is 0 Å². The average molecular weight is 171 g/mol. The number of nitrogens with two attached hydrogens (primary N) is 1. The van der Waals surface area contributed by atoms with Crippen LogP contribution < -0.4 is 5.73 Å². The normalized spacial score (nSPS) is 25.0. The van der Waals surface area contributed by atoms with Crippen LogP contribution in [0.1, 0.15) is 39.5 Å². The Morgan fingerprint density at radius 1 is 1.58 bits per heavy atom. The van der Waals surface area contributed by atoms with E-state index in [1.165, 1.54) is 12.8 Å². The van der Waals surface area contributed by atoms with Crippen LogP contribution in [0.4, 0.5) is 0 Å². The summed E-state index contributed by atoms with van der Waals surface area (Å²) in [4.78, 5) is 0. The van der Waals surface area contributed by atoms with Gasteiger partial charge >= 0.3 is 0 Å². The Balaban J connectivity index is 2.56. The number of hydrogen-bond donors (Lipinski definition) is 2. The molecule has 2 heteroatoms. The maximum atomic E-state index is 10.3. The molecule has 0 heterocycles. The first-order valence-corrected chi connectivity index (χ1v) is 5.07. The molecule has 0 spiro atoms. The molecule has 1 rings (SSSR count). The summed E-state index contributed by atoms with van der Waals surface area (Å²) in [7, 11) is 0. The van der Waals surface area contributed by atoms with Crippen LogP contribution in [0.3, 0.4) is 0 Å². The van der Waals surface area contributed by atoms with Gasteiger partial charge in [0.1, 0.15) is 0 Å². The second kappa shape index (κ2) is 3.75. The van der Waals surface area contributed by atoms with Crippen molar-refractivity contribution in [3.8, 4) is 0 Å². The van der Waals surface area contributed by atoms with Crippen molar-refractivity contribution in [2.75, 3.05) is 6.54 Å². The van der Waals surface area contributed by atoms with E-state index in [0.29, 0.717) is 12.5 Å². The fourth-order valence-electron chi connectivity index (χ4n) is 2.04. The molecular weight excluding hydrogens is 150 g/mol. The monoisotopic (exact) mass is 171 g/mol. The molecule has 0 amide bonds. The van der Waals surface area contributed by atoms with E-state index in [9.17, 15) is 5.11 Å². The number of rotatable bonds is 5. The fraction of sp³-hybridized carbons (Fsp3) is 1.00. The maximum absolute atomic E-state index is 10.3. The van der Waals surface area contributed by atoms with Crippen LogP contribution >= 0.6 is 0 Å². The molecule has 0 saturated heterocycles. The summed E-state index contributed by atoms with van der Waals surface area (Å²) in [6, 6.07) is 0. The SMILES string of the molecule is CCCC(O)(C(C)CN)C1CC1. The van der Waals surface area contributed by atoms with Crippen molar-refractivity contribution < 1.29 is 5.11 Å². The molecule has 0 aromatic rings. The van der Waals surface area contributed by atoms with E-state index in [1.54, 1.807) is 0 Å². The zero-order chi connectivity index (χ0) is 9.19. The third kappa shape index (κ3) is 1.80. The first kappa shape index (κ1) is 10.0. The van der Waals surface area contributed by atoms with Gasteiger partial charge in [-0.1, -0.05) is 20.3 Å². The van der Waals surface area contributed by atoms with E-state index in [0.717, 1.165) is 12.8 Å². The minimum Gasteiger partial charge on any atom is -0.389 e. The van der Waals surface area contributed by atoms with Gasteiger partial charge in [0.2, 0.25) is 0 Å². The third-order valence-electron chi connectivity index (χ3n) is 3.14. The van der Waals surface area contributed by atoms with Gasteiger partial charge in [0.15, 0.2) is 0 Å². The lowest BCUT2D eigenvalue weighted by Crippen LogP contribution is -2.42. The second-order valence-corrected chi connectivity index (χ2v) is 4.15. The summed E-state index contributed by atoms with van der Waals surface area (Å²) in [6.45, 7) is 4.79. The van der Waals surface area contributed by atoms with E-state index < -0.39 is 5.60 Å². The van der Waals surface area contributed by atoms with Crippen LogP contribution in [0.2, 0.25) is 0 Å². The van der Waals surface area contributed by atoms with Crippen LogP contribution in [0.5, 0.6) is 0 Å². The van der Waals surface area contributed by atoms with Gasteiger partial charge in [-0.15, -0.1) is 0 Å². The van der Waals surface area contributed by atoms with Crippen LogP contribution in [-0.4, -0.2) is 17.3 Å². The Morgan fingerprint density at radius 3 is 2.50 bits per heavy atom. The quantitative estimate of drug-likeness (QED) is 0.659. The Kier molecular flexibility index (Phi) is 3.13. The van der Waals surface area contributed by atoms with Crippen molar-refractivity contribution in [2.45, 2.75) is 45.1 Å². The molecular formula is C10H21NO. The molecule has 1 aliphatic carbocycles. The maximum Gasteiger partial charge on any atom is 0.0713 e. The lowest BCUT2D eigenvalue weighted by atomic mass is 9.81. The molecule has 2 nitrogen and oxygen atoms in total. The summed E-state index contributed by atoms with van der Waals surface area (Å²) < 4.78 is 0. The van der Waals surface area contributed by atoms with E-state index >= 15 is 0 Å². The molecule has 12 heavy (non-hydrogen) atoms.